The van der Waals surface area contributed by atoms with Gasteiger partial charge in [0.05, 0.1) is 16.5 Å². The number of aliphatic carboxylic acids is 1. The summed E-state index contributed by atoms with van der Waals surface area (Å²) in [6.07, 6.45) is 1.75. The van der Waals surface area contributed by atoms with Gasteiger partial charge in [0.15, 0.2) is 0 Å². The Hall–Kier alpha value is -3.40. The number of nitro groups is 1. The number of carboxylic acid groups (broad SMARTS) is 1. The molecule has 3 rings (SSSR count). The second-order valence-electron chi connectivity index (χ2n) is 5.19. The Labute approximate surface area is 156 Å². The van der Waals surface area contributed by atoms with Crippen molar-refractivity contribution in [3.63, 3.8) is 0 Å². The van der Waals surface area contributed by atoms with Crippen LogP contribution in [0.2, 0.25) is 0 Å². The minimum atomic E-state index is -1.44. The summed E-state index contributed by atoms with van der Waals surface area (Å²) in [5.41, 5.74) is 0.170. The molecule has 2 aromatic heterocycles. The number of nitro benzene ring substituents is 1. The number of para-hydroxylation sites is 1. The number of carbonyl (C=O) groups excluding carboxylic acids is 1. The number of aromatic nitrogens is 2. The lowest BCUT2D eigenvalue weighted by molar-refractivity contribution is -0.384. The largest absolute Gasteiger partial charge is 0.544 e. The van der Waals surface area contributed by atoms with E-state index in [4.69, 9.17) is 8.83 Å². The van der Waals surface area contributed by atoms with Crippen molar-refractivity contribution < 1.29 is 23.7 Å². The third-order valence-electron chi connectivity index (χ3n) is 3.42. The maximum atomic E-state index is 11.4. The molecule has 3 aromatic rings. The Morgan fingerprint density at radius 2 is 2.00 bits per heavy atom. The predicted octanol–water partition coefficient (Wildman–Crippen LogP) is 2.68. The van der Waals surface area contributed by atoms with Gasteiger partial charge in [-0.25, -0.2) is 0 Å². The second kappa shape index (κ2) is 7.87. The molecule has 0 radical (unpaired) electrons. The number of nitrogens with zero attached hydrogens (tertiary/aromatic N) is 3. The zero-order valence-electron chi connectivity index (χ0n) is 13.9. The van der Waals surface area contributed by atoms with E-state index in [1.54, 1.807) is 18.2 Å². The summed E-state index contributed by atoms with van der Waals surface area (Å²) in [6, 6.07) is 9.11. The van der Waals surface area contributed by atoms with E-state index in [-0.39, 0.29) is 32.9 Å². The van der Waals surface area contributed by atoms with Gasteiger partial charge in [-0.1, -0.05) is 19.1 Å². The third kappa shape index (κ3) is 4.23. The molecule has 9 nitrogen and oxygen atoms in total. The first-order valence-corrected chi connectivity index (χ1v) is 8.56. The molecule has 0 saturated heterocycles. The number of hydrogen-bond acceptors (Lipinski definition) is 9. The maximum Gasteiger partial charge on any atom is 0.281 e. The van der Waals surface area contributed by atoms with Gasteiger partial charge in [-0.3, -0.25) is 10.1 Å². The Morgan fingerprint density at radius 3 is 2.67 bits per heavy atom. The first-order chi connectivity index (χ1) is 13.0. The highest BCUT2D eigenvalue weighted by atomic mass is 32.2. The van der Waals surface area contributed by atoms with Crippen molar-refractivity contribution in [1.29, 1.82) is 0 Å². The fourth-order valence-corrected chi connectivity index (χ4v) is 2.86. The first kappa shape index (κ1) is 18.4. The van der Waals surface area contributed by atoms with Crippen LogP contribution in [0.4, 0.5) is 5.69 Å². The van der Waals surface area contributed by atoms with Gasteiger partial charge in [0.2, 0.25) is 5.89 Å². The lowest BCUT2D eigenvalue weighted by Gasteiger charge is -2.04. The van der Waals surface area contributed by atoms with Crippen LogP contribution >= 0.6 is 11.8 Å². The van der Waals surface area contributed by atoms with Crippen LogP contribution in [0.3, 0.4) is 0 Å². The van der Waals surface area contributed by atoms with Crippen LogP contribution in [0.15, 0.2) is 55.4 Å². The summed E-state index contributed by atoms with van der Waals surface area (Å²) < 4.78 is 10.8. The zero-order chi connectivity index (χ0) is 19.4. The van der Waals surface area contributed by atoms with E-state index in [0.717, 1.165) is 11.8 Å². The fraction of sp³-hybridized carbons (Fsp3) is 0.118. The Balaban J connectivity index is 1.90. The van der Waals surface area contributed by atoms with Crippen LogP contribution in [0.25, 0.3) is 17.4 Å². The van der Waals surface area contributed by atoms with E-state index in [2.05, 4.69) is 10.2 Å². The third-order valence-corrected chi connectivity index (χ3v) is 4.26. The van der Waals surface area contributed by atoms with Crippen molar-refractivity contribution in [2.24, 2.45) is 0 Å². The standard InChI is InChI=1S/C17H13N3O6S/c1-2-15-18-19-17(26-15)27-14(16(21)22)9-10-7-8-13(25-10)11-5-3-4-6-12(11)20(23)24/h3-9H,2H2,1H3,(H,21,22)/p-1/b14-9+. The van der Waals surface area contributed by atoms with E-state index in [0.29, 0.717) is 12.3 Å². The Bertz CT molecular complexity index is 1020. The minimum Gasteiger partial charge on any atom is -0.544 e. The molecule has 0 aliphatic rings. The molecule has 0 N–H and O–H groups in total. The maximum absolute atomic E-state index is 11.4. The zero-order valence-corrected chi connectivity index (χ0v) is 14.8. The molecule has 0 aliphatic carbocycles. The van der Waals surface area contributed by atoms with Gasteiger partial charge >= 0.3 is 0 Å². The predicted molar refractivity (Wildman–Crippen MR) is 93.3 cm³/mol. The van der Waals surface area contributed by atoms with Gasteiger partial charge in [0.1, 0.15) is 11.5 Å². The Kier molecular flexibility index (Phi) is 5.36. The lowest BCUT2D eigenvalue weighted by Crippen LogP contribution is -2.22. The molecule has 0 saturated carbocycles. The van der Waals surface area contributed by atoms with Crippen molar-refractivity contribution in [2.75, 3.05) is 0 Å². The van der Waals surface area contributed by atoms with E-state index in [1.807, 2.05) is 6.92 Å². The highest BCUT2D eigenvalue weighted by Gasteiger charge is 2.17. The topological polar surface area (TPSA) is 135 Å². The number of carbonyl (C=O) groups is 1. The SMILES string of the molecule is CCc1nnc(S/C(=C/c2ccc(-c3ccccc3[N+](=O)[O-])o2)C(=O)[O-])o1. The van der Waals surface area contributed by atoms with Crippen LogP contribution in [0.5, 0.6) is 0 Å². The molecule has 0 spiro atoms. The average molecular weight is 386 g/mol. The fourth-order valence-electron chi connectivity index (χ4n) is 2.19. The quantitative estimate of drug-likeness (QED) is 0.260. The monoisotopic (exact) mass is 386 g/mol. The van der Waals surface area contributed by atoms with Crippen molar-refractivity contribution in [3.8, 4) is 11.3 Å². The van der Waals surface area contributed by atoms with Crippen LogP contribution in [0.1, 0.15) is 18.6 Å². The number of benzene rings is 1. The van der Waals surface area contributed by atoms with Crippen LogP contribution in [-0.4, -0.2) is 21.1 Å². The van der Waals surface area contributed by atoms with Crippen molar-refractivity contribution in [2.45, 2.75) is 18.6 Å². The van der Waals surface area contributed by atoms with Crippen molar-refractivity contribution in [1.82, 2.24) is 10.2 Å². The molecule has 0 aliphatic heterocycles. The number of hydrogen-bond donors (Lipinski definition) is 0. The molecule has 0 fully saturated rings. The van der Waals surface area contributed by atoms with Crippen LogP contribution in [0, 0.1) is 10.1 Å². The molecule has 0 unspecified atom stereocenters. The summed E-state index contributed by atoms with van der Waals surface area (Å²) in [6.45, 7) is 1.82. The van der Waals surface area contributed by atoms with E-state index in [9.17, 15) is 20.0 Å². The molecule has 0 amide bonds. The van der Waals surface area contributed by atoms with E-state index < -0.39 is 10.9 Å². The lowest BCUT2D eigenvalue weighted by atomic mass is 10.1. The molecule has 1 aromatic carbocycles. The van der Waals surface area contributed by atoms with Gasteiger partial charge in [0, 0.05) is 17.4 Å². The molecule has 27 heavy (non-hydrogen) atoms. The molecule has 10 heteroatoms. The molecule has 0 atom stereocenters. The summed E-state index contributed by atoms with van der Waals surface area (Å²) in [5.74, 6) is -0.640. The number of rotatable bonds is 7. The number of carboxylic acids is 1. The highest BCUT2D eigenvalue weighted by Crippen LogP contribution is 2.33. The molecular weight excluding hydrogens is 374 g/mol. The number of furan rings is 1. The van der Waals surface area contributed by atoms with Gasteiger partial charge in [-0.15, -0.1) is 10.2 Å². The smallest absolute Gasteiger partial charge is 0.281 e. The first-order valence-electron chi connectivity index (χ1n) is 7.75. The minimum absolute atomic E-state index is 0.0628. The molecule has 2 heterocycles. The normalized spacial score (nSPS) is 11.5. The van der Waals surface area contributed by atoms with Crippen LogP contribution < -0.4 is 5.11 Å². The highest BCUT2D eigenvalue weighted by molar-refractivity contribution is 8.03. The van der Waals surface area contributed by atoms with Crippen molar-refractivity contribution >= 4 is 29.5 Å². The molecule has 138 valence electrons. The van der Waals surface area contributed by atoms with Gasteiger partial charge < -0.3 is 18.7 Å². The van der Waals surface area contributed by atoms with E-state index >= 15 is 0 Å². The summed E-state index contributed by atoms with van der Waals surface area (Å²) in [7, 11) is 0. The van der Waals surface area contributed by atoms with Gasteiger partial charge in [-0.2, -0.15) is 0 Å². The Morgan fingerprint density at radius 1 is 1.22 bits per heavy atom. The van der Waals surface area contributed by atoms with Crippen molar-refractivity contribution in [3.05, 3.63) is 63.1 Å². The van der Waals surface area contributed by atoms with Crippen LogP contribution in [-0.2, 0) is 11.2 Å². The average Bonchev–Trinajstić information content (AvgIpc) is 3.30. The van der Waals surface area contributed by atoms with Gasteiger partial charge in [0.25, 0.3) is 10.9 Å². The number of thioether (sulfide) groups is 1. The second-order valence-corrected chi connectivity index (χ2v) is 6.18. The molecule has 0 bridgehead atoms. The van der Waals surface area contributed by atoms with Gasteiger partial charge in [-0.05, 0) is 36.0 Å². The molecular formula is C17H12N3O6S-. The number of aryl methyl sites for hydroxylation is 1. The summed E-state index contributed by atoms with van der Waals surface area (Å²) >= 11 is 0.732. The summed E-state index contributed by atoms with van der Waals surface area (Å²) in [4.78, 5) is 21.8. The summed E-state index contributed by atoms with van der Waals surface area (Å²) in [5, 5.41) is 30.1. The van der Waals surface area contributed by atoms with E-state index in [1.165, 1.54) is 24.3 Å².